The molecular weight excluding hydrogens is 248 g/mol. The fourth-order valence-electron chi connectivity index (χ4n) is 2.05. The number of benzene rings is 1. The van der Waals surface area contributed by atoms with Crippen LogP contribution in [-0.2, 0) is 16.6 Å². The summed E-state index contributed by atoms with van der Waals surface area (Å²) < 4.78 is 0. The van der Waals surface area contributed by atoms with Crippen molar-refractivity contribution in [3.8, 4) is 0 Å². The van der Waals surface area contributed by atoms with Crippen molar-refractivity contribution in [1.82, 2.24) is 10.3 Å². The van der Waals surface area contributed by atoms with Crippen molar-refractivity contribution in [2.45, 2.75) is 25.7 Å². The molecule has 1 aromatic carbocycles. The average molecular weight is 268 g/mol. The molecule has 20 heavy (non-hydrogen) atoms. The lowest BCUT2D eigenvalue weighted by molar-refractivity contribution is -0.125. The van der Waals surface area contributed by atoms with Crippen LogP contribution in [0.5, 0.6) is 0 Å². The first-order chi connectivity index (χ1) is 9.60. The van der Waals surface area contributed by atoms with Crippen molar-refractivity contribution in [1.29, 1.82) is 0 Å². The highest BCUT2D eigenvalue weighted by Crippen LogP contribution is 2.22. The molecule has 1 heterocycles. The maximum atomic E-state index is 12.3. The molecule has 1 aromatic heterocycles. The number of hydrogen-bond acceptors (Lipinski definition) is 2. The summed E-state index contributed by atoms with van der Waals surface area (Å²) in [6.07, 6.45) is 4.30. The third-order valence-corrected chi connectivity index (χ3v) is 3.49. The second kappa shape index (κ2) is 6.33. The summed E-state index contributed by atoms with van der Waals surface area (Å²) >= 11 is 0. The summed E-state index contributed by atoms with van der Waals surface area (Å²) in [5.41, 5.74) is 1.59. The molecule has 2 aromatic rings. The van der Waals surface area contributed by atoms with E-state index in [9.17, 15) is 4.79 Å². The summed E-state index contributed by atoms with van der Waals surface area (Å²) in [6.45, 7) is 4.48. The fraction of sp³-hybridized carbons (Fsp3) is 0.294. The van der Waals surface area contributed by atoms with Gasteiger partial charge in [-0.3, -0.25) is 9.78 Å². The summed E-state index contributed by atoms with van der Waals surface area (Å²) in [4.78, 5) is 16.4. The van der Waals surface area contributed by atoms with E-state index in [0.29, 0.717) is 6.54 Å². The number of aromatic nitrogens is 1. The lowest BCUT2D eigenvalue weighted by atomic mass is 9.85. The molecule has 3 heteroatoms. The van der Waals surface area contributed by atoms with Crippen LogP contribution in [-0.4, -0.2) is 17.4 Å². The maximum absolute atomic E-state index is 12.3. The van der Waals surface area contributed by atoms with Gasteiger partial charge in [-0.2, -0.15) is 0 Å². The van der Waals surface area contributed by atoms with Gasteiger partial charge in [0.25, 0.3) is 0 Å². The monoisotopic (exact) mass is 268 g/mol. The van der Waals surface area contributed by atoms with E-state index in [1.807, 2.05) is 44.2 Å². The quantitative estimate of drug-likeness (QED) is 0.906. The molecule has 0 saturated carbocycles. The zero-order valence-electron chi connectivity index (χ0n) is 12.0. The summed E-state index contributed by atoms with van der Waals surface area (Å²) in [5.74, 6) is 0.0291. The van der Waals surface area contributed by atoms with Crippen LogP contribution in [0.4, 0.5) is 0 Å². The molecule has 0 bridgehead atoms. The van der Waals surface area contributed by atoms with Gasteiger partial charge in [-0.1, -0.05) is 36.4 Å². The minimum atomic E-state index is -0.565. The van der Waals surface area contributed by atoms with Gasteiger partial charge in [-0.25, -0.2) is 0 Å². The number of amides is 1. The Kier molecular flexibility index (Phi) is 4.51. The van der Waals surface area contributed by atoms with Gasteiger partial charge in [0.1, 0.15) is 0 Å². The number of carbonyl (C=O) groups is 1. The SMILES string of the molecule is CC(C)(C(=O)NCCc1ccccc1)c1cccnc1. The number of nitrogens with zero attached hydrogens (tertiary/aromatic N) is 1. The van der Waals surface area contributed by atoms with E-state index in [2.05, 4.69) is 22.4 Å². The van der Waals surface area contributed by atoms with Crippen LogP contribution in [0.2, 0.25) is 0 Å². The molecule has 1 amide bonds. The number of pyridine rings is 1. The maximum Gasteiger partial charge on any atom is 0.230 e. The molecule has 104 valence electrons. The van der Waals surface area contributed by atoms with Crippen molar-refractivity contribution in [2.24, 2.45) is 0 Å². The van der Waals surface area contributed by atoms with E-state index in [1.54, 1.807) is 12.4 Å². The third-order valence-electron chi connectivity index (χ3n) is 3.49. The Labute approximate surface area is 120 Å². The zero-order chi connectivity index (χ0) is 14.4. The highest BCUT2D eigenvalue weighted by molar-refractivity contribution is 5.87. The summed E-state index contributed by atoms with van der Waals surface area (Å²) in [7, 11) is 0. The van der Waals surface area contributed by atoms with Crippen molar-refractivity contribution < 1.29 is 4.79 Å². The molecule has 2 rings (SSSR count). The Morgan fingerprint density at radius 2 is 1.90 bits per heavy atom. The smallest absolute Gasteiger partial charge is 0.230 e. The van der Waals surface area contributed by atoms with Crippen LogP contribution in [0.15, 0.2) is 54.9 Å². The van der Waals surface area contributed by atoms with Crippen molar-refractivity contribution >= 4 is 5.91 Å². The normalized spacial score (nSPS) is 11.1. The Morgan fingerprint density at radius 3 is 2.55 bits per heavy atom. The summed E-state index contributed by atoms with van der Waals surface area (Å²) in [5, 5.41) is 3.00. The topological polar surface area (TPSA) is 42.0 Å². The number of rotatable bonds is 5. The first-order valence-electron chi connectivity index (χ1n) is 6.83. The number of nitrogens with one attached hydrogen (secondary N) is 1. The molecule has 0 aliphatic rings. The second-order valence-electron chi connectivity index (χ2n) is 5.36. The van der Waals surface area contributed by atoms with E-state index in [1.165, 1.54) is 5.56 Å². The highest BCUT2D eigenvalue weighted by atomic mass is 16.2. The number of hydrogen-bond donors (Lipinski definition) is 1. The molecule has 0 aliphatic carbocycles. The fourth-order valence-corrected chi connectivity index (χ4v) is 2.05. The van der Waals surface area contributed by atoms with Gasteiger partial charge < -0.3 is 5.32 Å². The third kappa shape index (κ3) is 3.44. The number of carbonyl (C=O) groups excluding carboxylic acids is 1. The van der Waals surface area contributed by atoms with E-state index in [0.717, 1.165) is 12.0 Å². The molecule has 0 spiro atoms. The molecule has 0 aliphatic heterocycles. The van der Waals surface area contributed by atoms with E-state index in [-0.39, 0.29) is 5.91 Å². The van der Waals surface area contributed by atoms with Crippen LogP contribution >= 0.6 is 0 Å². The molecular formula is C17H20N2O. The van der Waals surface area contributed by atoms with Crippen LogP contribution in [0.1, 0.15) is 25.0 Å². The van der Waals surface area contributed by atoms with E-state index in [4.69, 9.17) is 0 Å². The Morgan fingerprint density at radius 1 is 1.15 bits per heavy atom. The van der Waals surface area contributed by atoms with Crippen LogP contribution in [0.3, 0.4) is 0 Å². The van der Waals surface area contributed by atoms with Crippen LogP contribution < -0.4 is 5.32 Å². The van der Waals surface area contributed by atoms with E-state index < -0.39 is 5.41 Å². The Hall–Kier alpha value is -2.16. The molecule has 0 unspecified atom stereocenters. The predicted molar refractivity (Wildman–Crippen MR) is 80.4 cm³/mol. The Bertz CT molecular complexity index is 550. The minimum Gasteiger partial charge on any atom is -0.355 e. The lowest BCUT2D eigenvalue weighted by Crippen LogP contribution is -2.40. The van der Waals surface area contributed by atoms with E-state index >= 15 is 0 Å². The van der Waals surface area contributed by atoms with Gasteiger partial charge in [0, 0.05) is 18.9 Å². The second-order valence-corrected chi connectivity index (χ2v) is 5.36. The van der Waals surface area contributed by atoms with Crippen molar-refractivity contribution in [2.75, 3.05) is 6.54 Å². The van der Waals surface area contributed by atoms with Crippen LogP contribution in [0, 0.1) is 0 Å². The minimum absolute atomic E-state index is 0.0291. The average Bonchev–Trinajstić information content (AvgIpc) is 2.49. The van der Waals surface area contributed by atoms with Gasteiger partial charge in [-0.05, 0) is 37.5 Å². The molecule has 0 fully saturated rings. The molecule has 0 radical (unpaired) electrons. The molecule has 3 nitrogen and oxygen atoms in total. The predicted octanol–water partition coefficient (Wildman–Crippen LogP) is 2.72. The largest absolute Gasteiger partial charge is 0.355 e. The van der Waals surface area contributed by atoms with Gasteiger partial charge in [0.2, 0.25) is 5.91 Å². The first-order valence-corrected chi connectivity index (χ1v) is 6.83. The van der Waals surface area contributed by atoms with Gasteiger partial charge >= 0.3 is 0 Å². The van der Waals surface area contributed by atoms with Gasteiger partial charge in [-0.15, -0.1) is 0 Å². The molecule has 1 N–H and O–H groups in total. The van der Waals surface area contributed by atoms with Crippen molar-refractivity contribution in [3.05, 3.63) is 66.0 Å². The molecule has 0 atom stereocenters. The summed E-state index contributed by atoms with van der Waals surface area (Å²) in [6, 6.07) is 13.9. The van der Waals surface area contributed by atoms with Crippen molar-refractivity contribution in [3.63, 3.8) is 0 Å². The highest BCUT2D eigenvalue weighted by Gasteiger charge is 2.29. The van der Waals surface area contributed by atoms with Gasteiger partial charge in [0.15, 0.2) is 0 Å². The lowest BCUT2D eigenvalue weighted by Gasteiger charge is -2.23. The zero-order valence-corrected chi connectivity index (χ0v) is 12.0. The Balaban J connectivity index is 1.91. The molecule has 0 saturated heterocycles. The standard InChI is InChI=1S/C17H20N2O/c1-17(2,15-9-6-11-18-13-15)16(20)19-12-10-14-7-4-3-5-8-14/h3-9,11,13H,10,12H2,1-2H3,(H,19,20). The van der Waals surface area contributed by atoms with Gasteiger partial charge in [0.05, 0.1) is 5.41 Å². The van der Waals surface area contributed by atoms with Crippen LogP contribution in [0.25, 0.3) is 0 Å². The first kappa shape index (κ1) is 14.3.